The molecule has 96 valence electrons. The van der Waals surface area contributed by atoms with E-state index in [4.69, 9.17) is 17.3 Å². The number of hydrogen-bond acceptors (Lipinski definition) is 4. The van der Waals surface area contributed by atoms with Crippen molar-refractivity contribution in [3.63, 3.8) is 0 Å². The van der Waals surface area contributed by atoms with E-state index in [-0.39, 0.29) is 21.3 Å². The molecular weight excluding hydrogens is 281 g/mol. The predicted molar refractivity (Wildman–Crippen MR) is 66.1 cm³/mol. The third-order valence-corrected chi connectivity index (χ3v) is 3.66. The molecular formula is C10H9ClFN3O2S. The van der Waals surface area contributed by atoms with Crippen LogP contribution in [0.15, 0.2) is 29.4 Å². The molecule has 0 fully saturated rings. The maximum atomic E-state index is 13.3. The quantitative estimate of drug-likeness (QED) is 0.853. The van der Waals surface area contributed by atoms with E-state index in [0.717, 1.165) is 12.3 Å². The van der Waals surface area contributed by atoms with Gasteiger partial charge in [0, 0.05) is 18.5 Å². The first-order valence-electron chi connectivity index (χ1n) is 4.78. The van der Waals surface area contributed by atoms with Gasteiger partial charge in [0.15, 0.2) is 9.84 Å². The average molecular weight is 290 g/mol. The van der Waals surface area contributed by atoms with Crippen molar-refractivity contribution in [2.24, 2.45) is 0 Å². The van der Waals surface area contributed by atoms with Crippen LogP contribution in [0, 0.1) is 5.82 Å². The minimum atomic E-state index is -3.37. The number of hydrogen-bond donors (Lipinski definition) is 1. The Balaban J connectivity index is 2.56. The van der Waals surface area contributed by atoms with Crippen LogP contribution < -0.4 is 5.73 Å². The topological polar surface area (TPSA) is 78.0 Å². The lowest BCUT2D eigenvalue weighted by Gasteiger charge is -2.06. The van der Waals surface area contributed by atoms with Gasteiger partial charge in [-0.05, 0) is 6.07 Å². The van der Waals surface area contributed by atoms with Gasteiger partial charge in [-0.1, -0.05) is 11.6 Å². The van der Waals surface area contributed by atoms with Gasteiger partial charge < -0.3 is 5.73 Å². The molecule has 0 aliphatic heterocycles. The van der Waals surface area contributed by atoms with Crippen molar-refractivity contribution in [3.8, 4) is 5.69 Å². The Hall–Kier alpha value is -1.60. The Morgan fingerprint density at radius 3 is 2.67 bits per heavy atom. The molecule has 0 bridgehead atoms. The van der Waals surface area contributed by atoms with Gasteiger partial charge in [-0.2, -0.15) is 5.10 Å². The molecule has 1 heterocycles. The lowest BCUT2D eigenvalue weighted by Crippen LogP contribution is -2.01. The Morgan fingerprint density at radius 2 is 2.11 bits per heavy atom. The smallest absolute Gasteiger partial charge is 0.178 e. The molecule has 0 atom stereocenters. The third-order valence-electron chi connectivity index (χ3n) is 2.30. The fraction of sp³-hybridized carbons (Fsp3) is 0.100. The van der Waals surface area contributed by atoms with Crippen molar-refractivity contribution >= 4 is 27.1 Å². The predicted octanol–water partition coefficient (Wildman–Crippen LogP) is 1.65. The van der Waals surface area contributed by atoms with Crippen molar-refractivity contribution in [2.75, 3.05) is 12.0 Å². The minimum Gasteiger partial charge on any atom is -0.397 e. The van der Waals surface area contributed by atoms with Crippen LogP contribution in [0.5, 0.6) is 0 Å². The molecule has 0 aliphatic rings. The summed E-state index contributed by atoms with van der Waals surface area (Å²) in [5.41, 5.74) is 6.11. The zero-order chi connectivity index (χ0) is 13.5. The number of nitrogens with zero attached hydrogens (tertiary/aromatic N) is 2. The number of anilines is 1. The number of nitrogen functional groups attached to an aromatic ring is 1. The van der Waals surface area contributed by atoms with Gasteiger partial charge in [0.05, 0.1) is 22.6 Å². The van der Waals surface area contributed by atoms with Crippen LogP contribution in [-0.4, -0.2) is 24.5 Å². The van der Waals surface area contributed by atoms with Gasteiger partial charge in [-0.15, -0.1) is 0 Å². The lowest BCUT2D eigenvalue weighted by molar-refractivity contribution is 0.602. The average Bonchev–Trinajstić information content (AvgIpc) is 2.72. The summed E-state index contributed by atoms with van der Waals surface area (Å²) >= 11 is 5.57. The highest BCUT2D eigenvalue weighted by Crippen LogP contribution is 2.25. The van der Waals surface area contributed by atoms with Gasteiger partial charge in [0.25, 0.3) is 0 Å². The molecule has 0 radical (unpaired) electrons. The van der Waals surface area contributed by atoms with Crippen LogP contribution in [0.2, 0.25) is 5.02 Å². The fourth-order valence-corrected chi connectivity index (χ4v) is 2.08. The van der Waals surface area contributed by atoms with Crippen LogP contribution in [0.4, 0.5) is 10.1 Å². The molecule has 0 saturated heterocycles. The summed E-state index contributed by atoms with van der Waals surface area (Å²) in [6.45, 7) is 0. The number of halogens is 2. The minimum absolute atomic E-state index is 0.0252. The number of nitrogens with two attached hydrogens (primary N) is 1. The molecule has 0 aliphatic carbocycles. The summed E-state index contributed by atoms with van der Waals surface area (Å²) < 4.78 is 37.1. The zero-order valence-corrected chi connectivity index (χ0v) is 10.8. The number of benzene rings is 1. The normalized spacial score (nSPS) is 11.7. The molecule has 0 unspecified atom stereocenters. The summed E-state index contributed by atoms with van der Waals surface area (Å²) in [6, 6.07) is 2.34. The summed E-state index contributed by atoms with van der Waals surface area (Å²) in [6.07, 6.45) is 3.48. The van der Waals surface area contributed by atoms with E-state index in [1.165, 1.54) is 23.1 Å². The van der Waals surface area contributed by atoms with Crippen LogP contribution in [0.3, 0.4) is 0 Å². The Kier molecular flexibility index (Phi) is 3.04. The first kappa shape index (κ1) is 12.8. The lowest BCUT2D eigenvalue weighted by atomic mass is 10.2. The van der Waals surface area contributed by atoms with Crippen LogP contribution in [0.25, 0.3) is 5.69 Å². The van der Waals surface area contributed by atoms with Crippen molar-refractivity contribution in [3.05, 3.63) is 35.4 Å². The fourth-order valence-electron chi connectivity index (χ4n) is 1.38. The summed E-state index contributed by atoms with van der Waals surface area (Å²) in [5.74, 6) is -0.655. The number of rotatable bonds is 2. The van der Waals surface area contributed by atoms with E-state index in [9.17, 15) is 12.8 Å². The zero-order valence-electron chi connectivity index (χ0n) is 9.26. The standard InChI is InChI=1S/C10H9ClFN3O2S/c1-18(16,17)6-4-14-15(5-6)10-3-8(12)7(11)2-9(10)13/h2-5H,13H2,1H3. The Bertz CT molecular complexity index is 712. The van der Waals surface area contributed by atoms with Crippen molar-refractivity contribution in [1.82, 2.24) is 9.78 Å². The van der Waals surface area contributed by atoms with E-state index < -0.39 is 15.7 Å². The highest BCUT2D eigenvalue weighted by Gasteiger charge is 2.13. The second kappa shape index (κ2) is 4.25. The second-order valence-corrected chi connectivity index (χ2v) is 6.14. The molecule has 2 aromatic rings. The molecule has 0 saturated carbocycles. The van der Waals surface area contributed by atoms with Gasteiger partial charge >= 0.3 is 0 Å². The first-order chi connectivity index (χ1) is 8.29. The Labute approximate surface area is 108 Å². The molecule has 2 rings (SSSR count). The number of aromatic nitrogens is 2. The monoisotopic (exact) mass is 289 g/mol. The summed E-state index contributed by atoms with van der Waals surface area (Å²) in [4.78, 5) is 0.0252. The van der Waals surface area contributed by atoms with Crippen molar-refractivity contribution in [1.29, 1.82) is 0 Å². The van der Waals surface area contributed by atoms with Gasteiger partial charge in [-0.3, -0.25) is 0 Å². The molecule has 1 aromatic carbocycles. The molecule has 1 aromatic heterocycles. The molecule has 0 spiro atoms. The van der Waals surface area contributed by atoms with Crippen LogP contribution >= 0.6 is 11.6 Å². The van der Waals surface area contributed by atoms with E-state index in [1.54, 1.807) is 0 Å². The van der Waals surface area contributed by atoms with E-state index in [0.29, 0.717) is 0 Å². The highest BCUT2D eigenvalue weighted by molar-refractivity contribution is 7.90. The van der Waals surface area contributed by atoms with Gasteiger partial charge in [0.2, 0.25) is 0 Å². The maximum Gasteiger partial charge on any atom is 0.178 e. The van der Waals surface area contributed by atoms with E-state index in [2.05, 4.69) is 5.10 Å². The largest absolute Gasteiger partial charge is 0.397 e. The van der Waals surface area contributed by atoms with E-state index >= 15 is 0 Å². The maximum absolute atomic E-state index is 13.3. The highest BCUT2D eigenvalue weighted by atomic mass is 35.5. The molecule has 8 heteroatoms. The van der Waals surface area contributed by atoms with E-state index in [1.807, 2.05) is 0 Å². The molecule has 2 N–H and O–H groups in total. The first-order valence-corrected chi connectivity index (χ1v) is 7.05. The number of sulfone groups is 1. The van der Waals surface area contributed by atoms with Crippen molar-refractivity contribution in [2.45, 2.75) is 4.90 Å². The summed E-state index contributed by atoms with van der Waals surface area (Å²) in [7, 11) is -3.37. The third kappa shape index (κ3) is 2.32. The summed E-state index contributed by atoms with van der Waals surface area (Å²) in [5, 5.41) is 3.73. The second-order valence-electron chi connectivity index (χ2n) is 3.72. The SMILES string of the molecule is CS(=O)(=O)c1cnn(-c2cc(F)c(Cl)cc2N)c1. The Morgan fingerprint density at radius 1 is 1.44 bits per heavy atom. The molecule has 5 nitrogen and oxygen atoms in total. The van der Waals surface area contributed by atoms with Crippen LogP contribution in [-0.2, 0) is 9.84 Å². The molecule has 18 heavy (non-hydrogen) atoms. The van der Waals surface area contributed by atoms with Crippen molar-refractivity contribution < 1.29 is 12.8 Å². The van der Waals surface area contributed by atoms with Gasteiger partial charge in [-0.25, -0.2) is 17.5 Å². The molecule has 0 amide bonds. The van der Waals surface area contributed by atoms with Crippen LogP contribution in [0.1, 0.15) is 0 Å². The van der Waals surface area contributed by atoms with Gasteiger partial charge in [0.1, 0.15) is 10.7 Å².